The van der Waals surface area contributed by atoms with Gasteiger partial charge in [0.05, 0.1) is 32.4 Å². The van der Waals surface area contributed by atoms with Crippen molar-refractivity contribution in [1.29, 1.82) is 5.26 Å². The van der Waals surface area contributed by atoms with Crippen molar-refractivity contribution in [3.8, 4) is 17.6 Å². The van der Waals surface area contributed by atoms with Gasteiger partial charge in [0.2, 0.25) is 0 Å². The van der Waals surface area contributed by atoms with Crippen LogP contribution in [-0.4, -0.2) is 31.4 Å². The Kier molecular flexibility index (Phi) is 6.72. The lowest BCUT2D eigenvalue weighted by Crippen LogP contribution is -2.28. The van der Waals surface area contributed by atoms with E-state index in [4.69, 9.17) is 19.8 Å². The number of nitrogens with zero attached hydrogens (tertiary/aromatic N) is 1. The van der Waals surface area contributed by atoms with E-state index in [-0.39, 0.29) is 12.6 Å². The molecule has 19 heavy (non-hydrogen) atoms. The van der Waals surface area contributed by atoms with Gasteiger partial charge in [0.25, 0.3) is 0 Å². The van der Waals surface area contributed by atoms with Crippen LogP contribution in [0.2, 0.25) is 0 Å². The number of ether oxygens (including phenoxy) is 2. The third-order valence-electron chi connectivity index (χ3n) is 2.68. The van der Waals surface area contributed by atoms with E-state index in [1.807, 2.05) is 6.92 Å². The Bertz CT molecular complexity index is 429. The zero-order chi connectivity index (χ0) is 14.1. The molecular formula is C14H20N2O3. The van der Waals surface area contributed by atoms with E-state index in [1.165, 1.54) is 0 Å². The normalized spacial score (nSPS) is 11.7. The molecule has 0 spiro atoms. The van der Waals surface area contributed by atoms with Crippen LogP contribution in [0.3, 0.4) is 0 Å². The van der Waals surface area contributed by atoms with Crippen LogP contribution in [-0.2, 0) is 6.61 Å². The monoisotopic (exact) mass is 264 g/mol. The molecule has 1 unspecified atom stereocenters. The van der Waals surface area contributed by atoms with Crippen LogP contribution in [0, 0.1) is 11.3 Å². The van der Waals surface area contributed by atoms with Crippen molar-refractivity contribution in [1.82, 2.24) is 5.32 Å². The number of nitrogens with one attached hydrogen (secondary N) is 1. The molecule has 0 aromatic heterocycles. The fourth-order valence-electron chi connectivity index (χ4n) is 1.67. The van der Waals surface area contributed by atoms with Gasteiger partial charge in [-0.1, -0.05) is 13.0 Å². The molecule has 0 fully saturated rings. The molecule has 5 heteroatoms. The van der Waals surface area contributed by atoms with Crippen molar-refractivity contribution in [3.05, 3.63) is 23.8 Å². The first-order chi connectivity index (χ1) is 9.24. The summed E-state index contributed by atoms with van der Waals surface area (Å²) in [4.78, 5) is 0. The van der Waals surface area contributed by atoms with Crippen LogP contribution in [0.15, 0.2) is 18.2 Å². The van der Waals surface area contributed by atoms with E-state index in [0.29, 0.717) is 24.5 Å². The third-order valence-corrected chi connectivity index (χ3v) is 2.68. The second-order valence-electron chi connectivity index (χ2n) is 4.02. The van der Waals surface area contributed by atoms with Gasteiger partial charge in [0.15, 0.2) is 11.5 Å². The van der Waals surface area contributed by atoms with Gasteiger partial charge in [-0.15, -0.1) is 0 Å². The Labute approximate surface area is 113 Å². The molecule has 0 aliphatic rings. The summed E-state index contributed by atoms with van der Waals surface area (Å²) < 4.78 is 10.8. The standard InChI is InChI=1S/C14H20N2O3/c1-3-16-12(9-15)6-7-19-13-5-4-11(10-17)8-14(13)18-2/h4-5,8,12,16-17H,3,6-7,10H2,1-2H3. The molecule has 2 N–H and O–H groups in total. The van der Waals surface area contributed by atoms with E-state index in [2.05, 4.69) is 11.4 Å². The Morgan fingerprint density at radius 2 is 2.21 bits per heavy atom. The number of rotatable bonds is 8. The minimum atomic E-state index is -0.201. The van der Waals surface area contributed by atoms with E-state index in [0.717, 1.165) is 12.1 Å². The summed E-state index contributed by atoms with van der Waals surface area (Å²) in [6.07, 6.45) is 0.606. The third kappa shape index (κ3) is 4.78. The number of aliphatic hydroxyl groups is 1. The number of hydrogen-bond acceptors (Lipinski definition) is 5. The quantitative estimate of drug-likeness (QED) is 0.743. The lowest BCUT2D eigenvalue weighted by Gasteiger charge is -2.13. The highest BCUT2D eigenvalue weighted by Crippen LogP contribution is 2.28. The Balaban J connectivity index is 2.55. The first-order valence-electron chi connectivity index (χ1n) is 6.28. The smallest absolute Gasteiger partial charge is 0.161 e. The molecular weight excluding hydrogens is 244 g/mol. The topological polar surface area (TPSA) is 74.5 Å². The maximum atomic E-state index is 9.05. The van der Waals surface area contributed by atoms with Gasteiger partial charge in [-0.25, -0.2) is 0 Å². The average Bonchev–Trinajstić information content (AvgIpc) is 2.46. The van der Waals surface area contributed by atoms with Gasteiger partial charge < -0.3 is 19.9 Å². The molecule has 1 atom stereocenters. The maximum Gasteiger partial charge on any atom is 0.161 e. The SMILES string of the molecule is CCNC(C#N)CCOc1ccc(CO)cc1OC. The zero-order valence-corrected chi connectivity index (χ0v) is 11.3. The molecule has 0 saturated carbocycles. The van der Waals surface area contributed by atoms with Crippen molar-refractivity contribution >= 4 is 0 Å². The lowest BCUT2D eigenvalue weighted by atomic mass is 10.2. The minimum absolute atomic E-state index is 0.0342. The predicted molar refractivity (Wildman–Crippen MR) is 72.1 cm³/mol. The van der Waals surface area contributed by atoms with Crippen LogP contribution in [0.5, 0.6) is 11.5 Å². The molecule has 0 aliphatic heterocycles. The summed E-state index contributed by atoms with van der Waals surface area (Å²) in [7, 11) is 1.56. The number of methoxy groups -OCH3 is 1. The molecule has 1 rings (SSSR count). The Morgan fingerprint density at radius 1 is 1.42 bits per heavy atom. The molecule has 0 amide bonds. The zero-order valence-electron chi connectivity index (χ0n) is 11.3. The van der Waals surface area contributed by atoms with Gasteiger partial charge in [-0.05, 0) is 24.2 Å². The van der Waals surface area contributed by atoms with E-state index < -0.39 is 0 Å². The lowest BCUT2D eigenvalue weighted by molar-refractivity contribution is 0.272. The molecule has 0 aliphatic carbocycles. The van der Waals surface area contributed by atoms with Crippen molar-refractivity contribution in [2.45, 2.75) is 26.0 Å². The highest BCUT2D eigenvalue weighted by atomic mass is 16.5. The number of benzene rings is 1. The first-order valence-corrected chi connectivity index (χ1v) is 6.28. The number of hydrogen-bond donors (Lipinski definition) is 2. The summed E-state index contributed by atoms with van der Waals surface area (Å²) in [5.41, 5.74) is 0.770. The second-order valence-corrected chi connectivity index (χ2v) is 4.02. The van der Waals surface area contributed by atoms with Crippen LogP contribution in [0.25, 0.3) is 0 Å². The van der Waals surface area contributed by atoms with Gasteiger partial charge in [-0.3, -0.25) is 0 Å². The molecule has 0 saturated heterocycles. The molecule has 0 heterocycles. The van der Waals surface area contributed by atoms with Crippen molar-refractivity contribution < 1.29 is 14.6 Å². The van der Waals surface area contributed by atoms with Gasteiger partial charge in [0.1, 0.15) is 0 Å². The predicted octanol–water partition coefficient (Wildman–Crippen LogP) is 1.46. The van der Waals surface area contributed by atoms with Crippen molar-refractivity contribution in [2.24, 2.45) is 0 Å². The number of nitriles is 1. The molecule has 104 valence electrons. The number of aliphatic hydroxyl groups excluding tert-OH is 1. The second kappa shape index (κ2) is 8.35. The maximum absolute atomic E-state index is 9.05. The van der Waals surface area contributed by atoms with Gasteiger partial charge in [0, 0.05) is 6.42 Å². The van der Waals surface area contributed by atoms with E-state index >= 15 is 0 Å². The summed E-state index contributed by atoms with van der Waals surface area (Å²) in [6, 6.07) is 7.26. The van der Waals surface area contributed by atoms with Crippen LogP contribution < -0.4 is 14.8 Å². The van der Waals surface area contributed by atoms with Gasteiger partial charge in [-0.2, -0.15) is 5.26 Å². The summed E-state index contributed by atoms with van der Waals surface area (Å²) in [6.45, 7) is 3.11. The molecule has 0 radical (unpaired) electrons. The molecule has 0 bridgehead atoms. The highest BCUT2D eigenvalue weighted by molar-refractivity contribution is 5.42. The van der Waals surface area contributed by atoms with Crippen molar-refractivity contribution in [2.75, 3.05) is 20.3 Å². The molecule has 1 aromatic rings. The Hall–Kier alpha value is -1.77. The summed E-state index contributed by atoms with van der Waals surface area (Å²) >= 11 is 0. The molecule has 5 nitrogen and oxygen atoms in total. The van der Waals surface area contributed by atoms with Crippen LogP contribution >= 0.6 is 0 Å². The average molecular weight is 264 g/mol. The minimum Gasteiger partial charge on any atom is -0.493 e. The largest absolute Gasteiger partial charge is 0.493 e. The van der Waals surface area contributed by atoms with Crippen LogP contribution in [0.4, 0.5) is 0 Å². The first kappa shape index (κ1) is 15.3. The van der Waals surface area contributed by atoms with E-state index in [9.17, 15) is 0 Å². The van der Waals surface area contributed by atoms with E-state index in [1.54, 1.807) is 25.3 Å². The van der Waals surface area contributed by atoms with Gasteiger partial charge >= 0.3 is 0 Å². The van der Waals surface area contributed by atoms with Crippen LogP contribution in [0.1, 0.15) is 18.9 Å². The van der Waals surface area contributed by atoms with Crippen molar-refractivity contribution in [3.63, 3.8) is 0 Å². The summed E-state index contributed by atoms with van der Waals surface area (Å²) in [5, 5.41) is 21.0. The highest BCUT2D eigenvalue weighted by Gasteiger charge is 2.08. The molecule has 1 aromatic carbocycles. The summed E-state index contributed by atoms with van der Waals surface area (Å²) in [5.74, 6) is 1.20. The fourth-order valence-corrected chi connectivity index (χ4v) is 1.67. The Morgan fingerprint density at radius 3 is 2.79 bits per heavy atom. The fraction of sp³-hybridized carbons (Fsp3) is 0.500.